The highest BCUT2D eigenvalue weighted by atomic mass is 35.5. The Bertz CT molecular complexity index is 580. The van der Waals surface area contributed by atoms with E-state index in [1.54, 1.807) is 19.2 Å². The van der Waals surface area contributed by atoms with Gasteiger partial charge in [-0.2, -0.15) is 0 Å². The third kappa shape index (κ3) is 5.37. The molecule has 0 radical (unpaired) electrons. The van der Waals surface area contributed by atoms with Crippen molar-refractivity contribution < 1.29 is 14.3 Å². The summed E-state index contributed by atoms with van der Waals surface area (Å²) < 4.78 is 4.87. The molecule has 2 unspecified atom stereocenters. The minimum absolute atomic E-state index is 0.0806. The minimum atomic E-state index is -0.224. The van der Waals surface area contributed by atoms with Gasteiger partial charge in [-0.25, -0.2) is 0 Å². The van der Waals surface area contributed by atoms with Gasteiger partial charge in [-0.05, 0) is 30.5 Å². The number of benzene rings is 1. The molecular formula is C16H20Cl2N2O3. The number of hydrogen-bond acceptors (Lipinski definition) is 3. The number of amides is 2. The van der Waals surface area contributed by atoms with Crippen LogP contribution < -0.4 is 10.6 Å². The third-order valence-electron chi connectivity index (χ3n) is 3.78. The molecule has 0 aromatic heterocycles. The van der Waals surface area contributed by atoms with Crippen LogP contribution in [0.25, 0.3) is 0 Å². The average Bonchev–Trinajstić information content (AvgIpc) is 3.30. The minimum Gasteiger partial charge on any atom is -0.383 e. The van der Waals surface area contributed by atoms with Gasteiger partial charge in [0.25, 0.3) is 0 Å². The van der Waals surface area contributed by atoms with Crippen molar-refractivity contribution in [2.24, 2.45) is 11.8 Å². The molecule has 1 aromatic rings. The van der Waals surface area contributed by atoms with E-state index in [1.165, 1.54) is 0 Å². The molecule has 0 bridgehead atoms. The number of nitrogens with one attached hydrogen (secondary N) is 2. The van der Waals surface area contributed by atoms with Crippen LogP contribution in [0.5, 0.6) is 0 Å². The van der Waals surface area contributed by atoms with E-state index in [9.17, 15) is 9.59 Å². The van der Waals surface area contributed by atoms with Gasteiger partial charge in [-0.1, -0.05) is 29.3 Å². The first-order chi connectivity index (χ1) is 11.0. The van der Waals surface area contributed by atoms with Gasteiger partial charge in [0.1, 0.15) is 0 Å². The number of methoxy groups -OCH3 is 1. The van der Waals surface area contributed by atoms with Gasteiger partial charge in [-0.15, -0.1) is 0 Å². The summed E-state index contributed by atoms with van der Waals surface area (Å²) in [4.78, 5) is 23.8. The Morgan fingerprint density at radius 3 is 2.43 bits per heavy atom. The number of carbonyl (C=O) groups excluding carboxylic acids is 2. The standard InChI is InChI=1S/C16H20Cl2N2O3/c1-23-7-6-20-16(22)13-9-12(13)15(21)19-5-4-10-2-3-11(17)8-14(10)18/h2-3,8,12-13H,4-7,9H2,1H3,(H,19,21)(H,20,22). The quantitative estimate of drug-likeness (QED) is 0.698. The smallest absolute Gasteiger partial charge is 0.224 e. The topological polar surface area (TPSA) is 67.4 Å². The first kappa shape index (κ1) is 18.0. The van der Waals surface area contributed by atoms with Crippen molar-refractivity contribution in [2.75, 3.05) is 26.8 Å². The van der Waals surface area contributed by atoms with Gasteiger partial charge in [0.05, 0.1) is 18.4 Å². The van der Waals surface area contributed by atoms with E-state index in [4.69, 9.17) is 27.9 Å². The molecule has 2 rings (SSSR count). The molecule has 1 aromatic carbocycles. The number of halogens is 2. The van der Waals surface area contributed by atoms with E-state index >= 15 is 0 Å². The lowest BCUT2D eigenvalue weighted by molar-refractivity contribution is -0.127. The maximum Gasteiger partial charge on any atom is 0.224 e. The van der Waals surface area contributed by atoms with Crippen molar-refractivity contribution in [1.29, 1.82) is 0 Å². The van der Waals surface area contributed by atoms with Crippen LogP contribution in [-0.2, 0) is 20.7 Å². The number of carbonyl (C=O) groups is 2. The third-order valence-corrected chi connectivity index (χ3v) is 4.37. The molecule has 1 aliphatic rings. The fourth-order valence-corrected chi connectivity index (χ4v) is 2.86. The molecule has 2 N–H and O–H groups in total. The van der Waals surface area contributed by atoms with Gasteiger partial charge < -0.3 is 15.4 Å². The van der Waals surface area contributed by atoms with Crippen molar-refractivity contribution in [3.63, 3.8) is 0 Å². The van der Waals surface area contributed by atoms with E-state index in [0.29, 0.717) is 42.6 Å². The van der Waals surface area contributed by atoms with E-state index < -0.39 is 0 Å². The van der Waals surface area contributed by atoms with Gasteiger partial charge in [0.2, 0.25) is 11.8 Å². The summed E-state index contributed by atoms with van der Waals surface area (Å²) in [5.74, 6) is -0.603. The lowest BCUT2D eigenvalue weighted by Gasteiger charge is -2.07. The van der Waals surface area contributed by atoms with Crippen LogP contribution in [0.15, 0.2) is 18.2 Å². The van der Waals surface area contributed by atoms with Gasteiger partial charge in [0, 0.05) is 30.2 Å². The first-order valence-electron chi connectivity index (χ1n) is 7.51. The summed E-state index contributed by atoms with van der Waals surface area (Å²) in [6.07, 6.45) is 1.23. The lowest BCUT2D eigenvalue weighted by Crippen LogP contribution is -2.32. The van der Waals surface area contributed by atoms with Crippen molar-refractivity contribution in [3.05, 3.63) is 33.8 Å². The molecule has 1 aliphatic carbocycles. The second-order valence-electron chi connectivity index (χ2n) is 5.51. The van der Waals surface area contributed by atoms with E-state index in [0.717, 1.165) is 5.56 Å². The Kier molecular flexibility index (Phi) is 6.69. The molecule has 0 saturated heterocycles. The van der Waals surface area contributed by atoms with Crippen LogP contribution in [0.4, 0.5) is 0 Å². The Morgan fingerprint density at radius 2 is 1.83 bits per heavy atom. The number of ether oxygens (including phenoxy) is 1. The SMILES string of the molecule is COCCNC(=O)C1CC1C(=O)NCCc1ccc(Cl)cc1Cl. The Labute approximate surface area is 145 Å². The van der Waals surface area contributed by atoms with Crippen LogP contribution in [0.1, 0.15) is 12.0 Å². The number of rotatable bonds is 8. The second-order valence-corrected chi connectivity index (χ2v) is 6.35. The summed E-state index contributed by atoms with van der Waals surface area (Å²) in [5, 5.41) is 6.78. The predicted octanol–water partition coefficient (Wildman–Crippen LogP) is 2.05. The highest BCUT2D eigenvalue weighted by Gasteiger charge is 2.47. The Hall–Kier alpha value is -1.30. The van der Waals surface area contributed by atoms with Gasteiger partial charge >= 0.3 is 0 Å². The molecular weight excluding hydrogens is 339 g/mol. The zero-order valence-electron chi connectivity index (χ0n) is 12.9. The maximum absolute atomic E-state index is 12.0. The average molecular weight is 359 g/mol. The molecule has 23 heavy (non-hydrogen) atoms. The summed E-state index contributed by atoms with van der Waals surface area (Å²) in [6.45, 7) is 1.42. The molecule has 0 heterocycles. The molecule has 2 amide bonds. The maximum atomic E-state index is 12.0. The van der Waals surface area contributed by atoms with Crippen molar-refractivity contribution in [1.82, 2.24) is 10.6 Å². The molecule has 1 fully saturated rings. The van der Waals surface area contributed by atoms with Crippen LogP contribution in [0.2, 0.25) is 10.0 Å². The molecule has 1 saturated carbocycles. The largest absolute Gasteiger partial charge is 0.383 e. The summed E-state index contributed by atoms with van der Waals surface area (Å²) in [5.41, 5.74) is 0.932. The van der Waals surface area contributed by atoms with Crippen LogP contribution in [-0.4, -0.2) is 38.6 Å². The van der Waals surface area contributed by atoms with Crippen molar-refractivity contribution >= 4 is 35.0 Å². The summed E-state index contributed by atoms with van der Waals surface area (Å²) >= 11 is 11.9. The summed E-state index contributed by atoms with van der Waals surface area (Å²) in [7, 11) is 1.58. The van der Waals surface area contributed by atoms with Crippen LogP contribution in [0, 0.1) is 11.8 Å². The molecule has 2 atom stereocenters. The van der Waals surface area contributed by atoms with Crippen LogP contribution >= 0.6 is 23.2 Å². The molecule has 5 nitrogen and oxygen atoms in total. The van der Waals surface area contributed by atoms with E-state index in [2.05, 4.69) is 10.6 Å². The molecule has 0 aliphatic heterocycles. The number of hydrogen-bond donors (Lipinski definition) is 2. The highest BCUT2D eigenvalue weighted by molar-refractivity contribution is 6.35. The molecule has 126 valence electrons. The molecule has 7 heteroatoms. The normalized spacial score (nSPS) is 19.3. The lowest BCUT2D eigenvalue weighted by atomic mass is 10.1. The first-order valence-corrected chi connectivity index (χ1v) is 8.26. The highest BCUT2D eigenvalue weighted by Crippen LogP contribution is 2.38. The monoisotopic (exact) mass is 358 g/mol. The zero-order chi connectivity index (χ0) is 16.8. The van der Waals surface area contributed by atoms with Crippen LogP contribution in [0.3, 0.4) is 0 Å². The fourth-order valence-electron chi connectivity index (χ4n) is 2.36. The zero-order valence-corrected chi connectivity index (χ0v) is 14.4. The second kappa shape index (κ2) is 8.52. The molecule has 0 spiro atoms. The van der Waals surface area contributed by atoms with Crippen molar-refractivity contribution in [2.45, 2.75) is 12.8 Å². The summed E-state index contributed by atoms with van der Waals surface area (Å²) in [6, 6.07) is 5.30. The van der Waals surface area contributed by atoms with Crippen molar-refractivity contribution in [3.8, 4) is 0 Å². The Balaban J connectivity index is 1.69. The van der Waals surface area contributed by atoms with E-state index in [-0.39, 0.29) is 23.7 Å². The Morgan fingerprint density at radius 1 is 1.17 bits per heavy atom. The van der Waals surface area contributed by atoms with Gasteiger partial charge in [-0.3, -0.25) is 9.59 Å². The predicted molar refractivity (Wildman–Crippen MR) is 89.7 cm³/mol. The van der Waals surface area contributed by atoms with E-state index in [1.807, 2.05) is 6.07 Å². The fraction of sp³-hybridized carbons (Fsp3) is 0.500. The van der Waals surface area contributed by atoms with Gasteiger partial charge in [0.15, 0.2) is 0 Å².